The molecular formula is C26H26ClN3O. The number of rotatable bonds is 6. The number of nitrogens with zero attached hydrogens (tertiary/aromatic N) is 2. The van der Waals surface area contributed by atoms with E-state index in [2.05, 4.69) is 51.2 Å². The molecule has 31 heavy (non-hydrogen) atoms. The highest BCUT2D eigenvalue weighted by Crippen LogP contribution is 2.31. The molecule has 4 rings (SSSR count). The monoisotopic (exact) mass is 431 g/mol. The zero-order chi connectivity index (χ0) is 22.1. The van der Waals surface area contributed by atoms with E-state index in [1.165, 1.54) is 5.56 Å². The predicted octanol–water partition coefficient (Wildman–Crippen LogP) is 6.40. The average Bonchev–Trinajstić information content (AvgIpc) is 3.15. The second-order valence-corrected chi connectivity index (χ2v) is 8.91. The third-order valence-corrected chi connectivity index (χ3v) is 5.85. The summed E-state index contributed by atoms with van der Waals surface area (Å²) in [6, 6.07) is 19.9. The first-order valence-electron chi connectivity index (χ1n) is 10.5. The van der Waals surface area contributed by atoms with Gasteiger partial charge in [0.05, 0.1) is 11.6 Å². The molecule has 0 spiro atoms. The number of aromatic nitrogens is 2. The van der Waals surface area contributed by atoms with Gasteiger partial charge in [0.2, 0.25) is 5.91 Å². The molecule has 0 aliphatic rings. The first kappa shape index (κ1) is 21.1. The molecule has 0 aliphatic heterocycles. The van der Waals surface area contributed by atoms with Crippen molar-refractivity contribution in [1.82, 2.24) is 9.78 Å². The summed E-state index contributed by atoms with van der Waals surface area (Å²) in [6.45, 7) is 6.48. The van der Waals surface area contributed by atoms with E-state index in [9.17, 15) is 4.79 Å². The third kappa shape index (κ3) is 4.49. The molecular weight excluding hydrogens is 406 g/mol. The number of aryl methyl sites for hydroxylation is 1. The molecule has 1 aromatic heterocycles. The Balaban J connectivity index is 1.74. The van der Waals surface area contributed by atoms with Crippen molar-refractivity contribution in [2.75, 3.05) is 0 Å². The smallest absolute Gasteiger partial charge is 0.248 e. The number of benzene rings is 3. The maximum atomic E-state index is 11.4. The van der Waals surface area contributed by atoms with Crippen LogP contribution in [0.25, 0.3) is 22.0 Å². The SMILES string of the molecule is Cc1cc(Cl)ccc1-c1ccc2nn(C(CC(C)C)c3ccc(C(N)=O)cc3)cc2c1. The van der Waals surface area contributed by atoms with E-state index >= 15 is 0 Å². The number of carbonyl (C=O) groups excluding carboxylic acids is 1. The van der Waals surface area contributed by atoms with Crippen LogP contribution in [0.4, 0.5) is 0 Å². The van der Waals surface area contributed by atoms with Crippen molar-refractivity contribution < 1.29 is 4.79 Å². The van der Waals surface area contributed by atoms with Crippen molar-refractivity contribution in [3.8, 4) is 11.1 Å². The Morgan fingerprint density at radius 2 is 1.81 bits per heavy atom. The minimum absolute atomic E-state index is 0.0787. The van der Waals surface area contributed by atoms with Crippen LogP contribution in [0.3, 0.4) is 0 Å². The third-order valence-electron chi connectivity index (χ3n) is 5.62. The van der Waals surface area contributed by atoms with Crippen LogP contribution >= 0.6 is 11.6 Å². The number of primary amides is 1. The van der Waals surface area contributed by atoms with Crippen LogP contribution in [0.15, 0.2) is 66.9 Å². The maximum Gasteiger partial charge on any atom is 0.248 e. The molecule has 5 heteroatoms. The highest BCUT2D eigenvalue weighted by atomic mass is 35.5. The second kappa shape index (κ2) is 8.56. The normalized spacial score (nSPS) is 12.4. The quantitative estimate of drug-likeness (QED) is 0.384. The van der Waals surface area contributed by atoms with Crippen molar-refractivity contribution in [3.63, 3.8) is 0 Å². The molecule has 158 valence electrons. The lowest BCUT2D eigenvalue weighted by molar-refractivity contribution is 0.1000. The molecule has 1 atom stereocenters. The zero-order valence-electron chi connectivity index (χ0n) is 18.0. The van der Waals surface area contributed by atoms with E-state index in [-0.39, 0.29) is 6.04 Å². The highest BCUT2D eigenvalue weighted by Gasteiger charge is 2.18. The molecule has 2 N–H and O–H groups in total. The maximum absolute atomic E-state index is 11.4. The van der Waals surface area contributed by atoms with Crippen LogP contribution in [0.2, 0.25) is 5.02 Å². The Morgan fingerprint density at radius 1 is 1.06 bits per heavy atom. The molecule has 0 radical (unpaired) electrons. The summed E-state index contributed by atoms with van der Waals surface area (Å²) in [4.78, 5) is 11.4. The number of hydrogen-bond acceptors (Lipinski definition) is 2. The molecule has 0 saturated carbocycles. The summed E-state index contributed by atoms with van der Waals surface area (Å²) >= 11 is 6.13. The van der Waals surface area contributed by atoms with E-state index in [4.69, 9.17) is 22.4 Å². The predicted molar refractivity (Wildman–Crippen MR) is 127 cm³/mol. The summed E-state index contributed by atoms with van der Waals surface area (Å²) in [6.07, 6.45) is 3.05. The molecule has 0 bridgehead atoms. The average molecular weight is 432 g/mol. The Kier molecular flexibility index (Phi) is 5.84. The number of nitrogens with two attached hydrogens (primary N) is 1. The van der Waals surface area contributed by atoms with Crippen LogP contribution in [0.1, 0.15) is 47.8 Å². The lowest BCUT2D eigenvalue weighted by Crippen LogP contribution is -2.15. The van der Waals surface area contributed by atoms with E-state index in [1.807, 2.05) is 28.9 Å². The van der Waals surface area contributed by atoms with E-state index in [0.717, 1.165) is 39.0 Å². The Bertz CT molecular complexity index is 1240. The Morgan fingerprint density at radius 3 is 2.45 bits per heavy atom. The van der Waals surface area contributed by atoms with Crippen molar-refractivity contribution in [1.29, 1.82) is 0 Å². The van der Waals surface area contributed by atoms with Gasteiger partial charge in [0.15, 0.2) is 0 Å². The van der Waals surface area contributed by atoms with Gasteiger partial charge in [0.1, 0.15) is 0 Å². The molecule has 1 amide bonds. The van der Waals surface area contributed by atoms with Crippen molar-refractivity contribution in [3.05, 3.63) is 88.6 Å². The fourth-order valence-electron chi connectivity index (χ4n) is 4.04. The van der Waals surface area contributed by atoms with Gasteiger partial charge in [-0.05, 0) is 77.9 Å². The van der Waals surface area contributed by atoms with Gasteiger partial charge in [0, 0.05) is 22.2 Å². The lowest BCUT2D eigenvalue weighted by Gasteiger charge is -2.20. The second-order valence-electron chi connectivity index (χ2n) is 8.47. The van der Waals surface area contributed by atoms with Gasteiger partial charge in [-0.15, -0.1) is 0 Å². The van der Waals surface area contributed by atoms with Crippen LogP contribution < -0.4 is 5.73 Å². The Labute approximate surface area is 187 Å². The first-order chi connectivity index (χ1) is 14.8. The van der Waals surface area contributed by atoms with Crippen molar-refractivity contribution in [2.24, 2.45) is 11.7 Å². The molecule has 4 nitrogen and oxygen atoms in total. The first-order valence-corrected chi connectivity index (χ1v) is 10.8. The lowest BCUT2D eigenvalue weighted by atomic mass is 9.96. The molecule has 3 aromatic carbocycles. The molecule has 0 fully saturated rings. The molecule has 1 heterocycles. The number of hydrogen-bond donors (Lipinski definition) is 1. The van der Waals surface area contributed by atoms with Gasteiger partial charge in [-0.2, -0.15) is 5.10 Å². The van der Waals surface area contributed by atoms with E-state index in [0.29, 0.717) is 11.5 Å². The minimum atomic E-state index is -0.415. The zero-order valence-corrected chi connectivity index (χ0v) is 18.7. The summed E-state index contributed by atoms with van der Waals surface area (Å²) in [5, 5.41) is 6.71. The fourth-order valence-corrected chi connectivity index (χ4v) is 4.26. The number of fused-ring (bicyclic) bond motifs is 1. The standard InChI is InChI=1S/C26H26ClN3O/c1-16(2)12-25(18-4-6-19(7-5-18)26(28)31)30-15-21-14-20(8-11-24(21)29-30)23-10-9-22(27)13-17(23)3/h4-11,13-16,25H,12H2,1-3H3,(H2,28,31). The van der Waals surface area contributed by atoms with E-state index in [1.54, 1.807) is 12.1 Å². The summed E-state index contributed by atoms with van der Waals surface area (Å²) in [7, 11) is 0. The Hall–Kier alpha value is -3.11. The minimum Gasteiger partial charge on any atom is -0.366 e. The van der Waals surface area contributed by atoms with Gasteiger partial charge in [-0.3, -0.25) is 9.48 Å². The van der Waals surface area contributed by atoms with Gasteiger partial charge < -0.3 is 5.73 Å². The van der Waals surface area contributed by atoms with E-state index < -0.39 is 5.91 Å². The fraction of sp³-hybridized carbons (Fsp3) is 0.231. The van der Waals surface area contributed by atoms with Gasteiger partial charge >= 0.3 is 0 Å². The van der Waals surface area contributed by atoms with Gasteiger partial charge in [-0.25, -0.2) is 0 Å². The molecule has 4 aromatic rings. The molecule has 1 unspecified atom stereocenters. The number of amides is 1. The summed E-state index contributed by atoms with van der Waals surface area (Å²) < 4.78 is 2.04. The topological polar surface area (TPSA) is 60.9 Å². The van der Waals surface area contributed by atoms with Crippen LogP contribution in [0.5, 0.6) is 0 Å². The van der Waals surface area contributed by atoms with Gasteiger partial charge in [0.25, 0.3) is 0 Å². The molecule has 0 saturated heterocycles. The van der Waals surface area contributed by atoms with Crippen LogP contribution in [-0.2, 0) is 0 Å². The number of halogens is 1. The highest BCUT2D eigenvalue weighted by molar-refractivity contribution is 6.30. The molecule has 0 aliphatic carbocycles. The van der Waals surface area contributed by atoms with Crippen molar-refractivity contribution in [2.45, 2.75) is 33.2 Å². The summed E-state index contributed by atoms with van der Waals surface area (Å²) in [5.74, 6) is 0.0715. The van der Waals surface area contributed by atoms with Crippen LogP contribution in [0, 0.1) is 12.8 Å². The summed E-state index contributed by atoms with van der Waals surface area (Å²) in [5.41, 5.74) is 11.4. The van der Waals surface area contributed by atoms with Crippen LogP contribution in [-0.4, -0.2) is 15.7 Å². The number of carbonyl (C=O) groups is 1. The largest absolute Gasteiger partial charge is 0.366 e. The van der Waals surface area contributed by atoms with Gasteiger partial charge in [-0.1, -0.05) is 49.7 Å². The van der Waals surface area contributed by atoms with Crippen molar-refractivity contribution >= 4 is 28.4 Å².